The Labute approximate surface area is 185 Å². The highest BCUT2D eigenvalue weighted by atomic mass is 16.5. The first-order valence-corrected chi connectivity index (χ1v) is 13.1. The maximum Gasteiger partial charge on any atom is 0.305 e. The summed E-state index contributed by atoms with van der Waals surface area (Å²) in [6.45, 7) is 11.3. The fraction of sp³-hybridized carbons (Fsp3) is 0.926. The average Bonchev–Trinajstić information content (AvgIpc) is 2.72. The van der Waals surface area contributed by atoms with Crippen molar-refractivity contribution in [1.29, 1.82) is 0 Å². The van der Waals surface area contributed by atoms with Crippen molar-refractivity contribution in [2.45, 2.75) is 150 Å². The Morgan fingerprint density at radius 3 is 1.52 bits per heavy atom. The van der Waals surface area contributed by atoms with Crippen molar-refractivity contribution in [3.8, 4) is 0 Å². The summed E-state index contributed by atoms with van der Waals surface area (Å²) in [5.41, 5.74) is 0. The predicted molar refractivity (Wildman–Crippen MR) is 130 cm³/mol. The molecular weight excluding hydrogens is 356 g/mol. The van der Waals surface area contributed by atoms with E-state index in [2.05, 4.69) is 20.8 Å². The van der Waals surface area contributed by atoms with Gasteiger partial charge in [-0.05, 0) is 25.2 Å². The molecule has 0 N–H and O–H groups in total. The van der Waals surface area contributed by atoms with E-state index in [1.165, 1.54) is 96.3 Å². The SMILES string of the molecule is CCCCCCCCCCCCCCCC(=O)OCC(CC)CCCC.C[CH]C. The maximum atomic E-state index is 11.8. The van der Waals surface area contributed by atoms with Gasteiger partial charge in [0.15, 0.2) is 0 Å². The van der Waals surface area contributed by atoms with Gasteiger partial charge in [-0.15, -0.1) is 0 Å². The van der Waals surface area contributed by atoms with E-state index in [9.17, 15) is 4.79 Å². The van der Waals surface area contributed by atoms with Crippen molar-refractivity contribution in [3.63, 3.8) is 0 Å². The minimum absolute atomic E-state index is 0.0167. The molecule has 0 aromatic rings. The summed E-state index contributed by atoms with van der Waals surface area (Å²) in [7, 11) is 0. The molecule has 2 nitrogen and oxygen atoms in total. The summed E-state index contributed by atoms with van der Waals surface area (Å²) < 4.78 is 5.46. The van der Waals surface area contributed by atoms with Gasteiger partial charge in [-0.1, -0.05) is 131 Å². The van der Waals surface area contributed by atoms with E-state index in [0.29, 0.717) is 18.9 Å². The quantitative estimate of drug-likeness (QED) is 0.147. The van der Waals surface area contributed by atoms with Gasteiger partial charge in [0.25, 0.3) is 0 Å². The molecule has 1 unspecified atom stereocenters. The molecule has 2 heteroatoms. The number of carbonyl (C=O) groups excluding carboxylic acids is 1. The third-order valence-corrected chi connectivity index (χ3v) is 5.51. The van der Waals surface area contributed by atoms with Crippen LogP contribution in [0.2, 0.25) is 0 Å². The topological polar surface area (TPSA) is 26.3 Å². The minimum Gasteiger partial charge on any atom is -0.465 e. The second-order valence-electron chi connectivity index (χ2n) is 8.67. The van der Waals surface area contributed by atoms with Crippen LogP contribution in [0.5, 0.6) is 0 Å². The van der Waals surface area contributed by atoms with E-state index in [1.807, 2.05) is 20.3 Å². The van der Waals surface area contributed by atoms with E-state index >= 15 is 0 Å². The van der Waals surface area contributed by atoms with Crippen molar-refractivity contribution in [3.05, 3.63) is 6.42 Å². The van der Waals surface area contributed by atoms with Gasteiger partial charge < -0.3 is 4.74 Å². The third-order valence-electron chi connectivity index (χ3n) is 5.51. The highest BCUT2D eigenvalue weighted by Gasteiger charge is 2.09. The van der Waals surface area contributed by atoms with E-state index in [-0.39, 0.29) is 5.97 Å². The molecule has 0 heterocycles. The zero-order valence-electron chi connectivity index (χ0n) is 20.9. The molecule has 0 fully saturated rings. The number of ether oxygens (including phenoxy) is 1. The van der Waals surface area contributed by atoms with Gasteiger partial charge in [0.05, 0.1) is 6.61 Å². The van der Waals surface area contributed by atoms with Crippen LogP contribution in [-0.2, 0) is 9.53 Å². The number of esters is 1. The third kappa shape index (κ3) is 27.5. The van der Waals surface area contributed by atoms with Crippen LogP contribution in [0.3, 0.4) is 0 Å². The van der Waals surface area contributed by atoms with Gasteiger partial charge in [-0.2, -0.15) is 0 Å². The van der Waals surface area contributed by atoms with E-state index in [1.54, 1.807) is 0 Å². The molecule has 1 atom stereocenters. The fourth-order valence-electron chi connectivity index (χ4n) is 3.47. The molecule has 1 radical (unpaired) electrons. The van der Waals surface area contributed by atoms with Crippen LogP contribution in [0.4, 0.5) is 0 Å². The monoisotopic (exact) mass is 411 g/mol. The van der Waals surface area contributed by atoms with Gasteiger partial charge in [-0.3, -0.25) is 4.79 Å². The van der Waals surface area contributed by atoms with Gasteiger partial charge >= 0.3 is 5.97 Å². The standard InChI is InChI=1S/C24H48O2.C3H7/c1-4-7-9-10-11-12-13-14-15-16-17-18-19-21-24(25)26-22-23(6-3)20-8-5-2;1-3-2/h23H,4-22H2,1-3H3;3H,1-2H3. The van der Waals surface area contributed by atoms with Crippen LogP contribution in [0.15, 0.2) is 0 Å². The zero-order chi connectivity index (χ0) is 22.0. The number of hydrogen-bond acceptors (Lipinski definition) is 2. The lowest BCUT2D eigenvalue weighted by molar-refractivity contribution is -0.145. The molecule has 0 rings (SSSR count). The molecule has 0 saturated heterocycles. The zero-order valence-corrected chi connectivity index (χ0v) is 20.9. The number of hydrogen-bond donors (Lipinski definition) is 0. The molecule has 0 amide bonds. The predicted octanol–water partition coefficient (Wildman–Crippen LogP) is 9.46. The Balaban J connectivity index is 0. The largest absolute Gasteiger partial charge is 0.465 e. The van der Waals surface area contributed by atoms with Gasteiger partial charge in [-0.25, -0.2) is 0 Å². The molecule has 0 aliphatic heterocycles. The lowest BCUT2D eigenvalue weighted by atomic mass is 10.0. The van der Waals surface area contributed by atoms with Crippen LogP contribution >= 0.6 is 0 Å². The molecule has 0 aromatic heterocycles. The molecule has 0 saturated carbocycles. The van der Waals surface area contributed by atoms with Crippen molar-refractivity contribution in [1.82, 2.24) is 0 Å². The molecule has 29 heavy (non-hydrogen) atoms. The number of rotatable bonds is 20. The Morgan fingerprint density at radius 1 is 0.690 bits per heavy atom. The first-order valence-electron chi connectivity index (χ1n) is 13.1. The first-order chi connectivity index (χ1) is 14.2. The van der Waals surface area contributed by atoms with Gasteiger partial charge in [0.1, 0.15) is 0 Å². The molecule has 0 aliphatic rings. The van der Waals surface area contributed by atoms with Crippen LogP contribution in [0.1, 0.15) is 150 Å². The average molecular weight is 412 g/mol. The van der Waals surface area contributed by atoms with Crippen molar-refractivity contribution >= 4 is 5.97 Å². The molecule has 175 valence electrons. The summed E-state index contributed by atoms with van der Waals surface area (Å²) in [6.07, 6.45) is 24.8. The summed E-state index contributed by atoms with van der Waals surface area (Å²) >= 11 is 0. The van der Waals surface area contributed by atoms with Crippen LogP contribution < -0.4 is 0 Å². The molecule has 0 aromatic carbocycles. The molecule has 0 aliphatic carbocycles. The van der Waals surface area contributed by atoms with Crippen molar-refractivity contribution < 1.29 is 9.53 Å². The second kappa shape index (κ2) is 27.5. The number of unbranched alkanes of at least 4 members (excludes halogenated alkanes) is 13. The Kier molecular flexibility index (Phi) is 29.0. The molecular formula is C27H55O2. The number of carbonyl (C=O) groups is 1. The van der Waals surface area contributed by atoms with Gasteiger partial charge in [0, 0.05) is 6.42 Å². The van der Waals surface area contributed by atoms with Crippen molar-refractivity contribution in [2.75, 3.05) is 6.61 Å². The minimum atomic E-state index is 0.0167. The maximum absolute atomic E-state index is 11.8. The summed E-state index contributed by atoms with van der Waals surface area (Å²) in [5.74, 6) is 0.577. The summed E-state index contributed by atoms with van der Waals surface area (Å²) in [4.78, 5) is 11.8. The molecule has 0 bridgehead atoms. The molecule has 0 spiro atoms. The van der Waals surface area contributed by atoms with Crippen LogP contribution in [0.25, 0.3) is 0 Å². The summed E-state index contributed by atoms with van der Waals surface area (Å²) in [5, 5.41) is 0. The summed E-state index contributed by atoms with van der Waals surface area (Å²) in [6, 6.07) is 0. The van der Waals surface area contributed by atoms with Crippen LogP contribution in [0, 0.1) is 12.3 Å². The Hall–Kier alpha value is -0.530. The highest BCUT2D eigenvalue weighted by molar-refractivity contribution is 5.69. The highest BCUT2D eigenvalue weighted by Crippen LogP contribution is 2.15. The van der Waals surface area contributed by atoms with E-state index in [0.717, 1.165) is 12.8 Å². The van der Waals surface area contributed by atoms with Crippen molar-refractivity contribution in [2.24, 2.45) is 5.92 Å². The Morgan fingerprint density at radius 2 is 1.10 bits per heavy atom. The fourth-order valence-corrected chi connectivity index (χ4v) is 3.47. The first kappa shape index (κ1) is 30.7. The van der Waals surface area contributed by atoms with E-state index in [4.69, 9.17) is 4.74 Å². The lowest BCUT2D eigenvalue weighted by Gasteiger charge is -2.14. The Bertz CT molecular complexity index is 301. The lowest BCUT2D eigenvalue weighted by Crippen LogP contribution is -2.13. The van der Waals surface area contributed by atoms with Crippen LogP contribution in [-0.4, -0.2) is 12.6 Å². The van der Waals surface area contributed by atoms with Gasteiger partial charge in [0.2, 0.25) is 0 Å². The smallest absolute Gasteiger partial charge is 0.305 e. The van der Waals surface area contributed by atoms with E-state index < -0.39 is 0 Å². The second-order valence-corrected chi connectivity index (χ2v) is 8.67. The normalized spacial score (nSPS) is 11.6.